The van der Waals surface area contributed by atoms with Crippen LogP contribution in [0.1, 0.15) is 0 Å². The van der Waals surface area contributed by atoms with E-state index in [1.54, 1.807) is 12.5 Å². The van der Waals surface area contributed by atoms with Crippen molar-refractivity contribution in [3.63, 3.8) is 0 Å². The molecule has 0 saturated heterocycles. The number of aromatic amines is 1. The lowest BCUT2D eigenvalue weighted by Crippen LogP contribution is -1.97. The summed E-state index contributed by atoms with van der Waals surface area (Å²) in [7, 11) is 0. The lowest BCUT2D eigenvalue weighted by Gasteiger charge is -1.98. The van der Waals surface area contributed by atoms with Gasteiger partial charge in [-0.05, 0) is 12.1 Å². The SMILES string of the molecule is c1ccn(-c2ncc3[nH]cnc3n2)c1. The zero-order valence-electron chi connectivity index (χ0n) is 7.25. The van der Waals surface area contributed by atoms with E-state index in [1.807, 2.05) is 29.1 Å². The standard InChI is InChI=1S/C9H7N5/c1-2-4-14(3-1)9-10-5-7-8(13-9)12-6-11-7/h1-6H,(H,10,11,12,13). The van der Waals surface area contributed by atoms with Gasteiger partial charge in [0, 0.05) is 12.4 Å². The Kier molecular flexibility index (Phi) is 1.38. The molecule has 0 fully saturated rings. The van der Waals surface area contributed by atoms with Crippen LogP contribution < -0.4 is 0 Å². The van der Waals surface area contributed by atoms with E-state index in [-0.39, 0.29) is 0 Å². The molecule has 3 aromatic heterocycles. The molecule has 0 saturated carbocycles. The Bertz CT molecular complexity index is 551. The molecule has 5 nitrogen and oxygen atoms in total. The second kappa shape index (κ2) is 2.66. The van der Waals surface area contributed by atoms with Gasteiger partial charge in [0.1, 0.15) is 5.52 Å². The molecule has 0 unspecified atom stereocenters. The maximum absolute atomic E-state index is 4.29. The van der Waals surface area contributed by atoms with E-state index in [4.69, 9.17) is 0 Å². The normalized spacial score (nSPS) is 10.9. The number of nitrogens with one attached hydrogen (secondary N) is 1. The van der Waals surface area contributed by atoms with Crippen LogP contribution in [0.4, 0.5) is 0 Å². The molecule has 5 heteroatoms. The number of rotatable bonds is 1. The van der Waals surface area contributed by atoms with Gasteiger partial charge in [-0.15, -0.1) is 0 Å². The Hall–Kier alpha value is -2.17. The first-order valence-electron chi connectivity index (χ1n) is 4.23. The highest BCUT2D eigenvalue weighted by Crippen LogP contribution is 2.07. The maximum atomic E-state index is 4.29. The number of H-pyrrole nitrogens is 1. The summed E-state index contributed by atoms with van der Waals surface area (Å²) in [6.45, 7) is 0. The Morgan fingerprint density at radius 3 is 2.86 bits per heavy atom. The lowest BCUT2D eigenvalue weighted by atomic mass is 10.5. The highest BCUT2D eigenvalue weighted by molar-refractivity contribution is 5.68. The Morgan fingerprint density at radius 1 is 1.14 bits per heavy atom. The molecule has 14 heavy (non-hydrogen) atoms. The molecule has 0 radical (unpaired) electrons. The number of fused-ring (bicyclic) bond motifs is 1. The number of imidazole rings is 1. The maximum Gasteiger partial charge on any atom is 0.235 e. The van der Waals surface area contributed by atoms with Gasteiger partial charge in [0.2, 0.25) is 5.95 Å². The first-order valence-corrected chi connectivity index (χ1v) is 4.23. The van der Waals surface area contributed by atoms with Gasteiger partial charge < -0.3 is 4.98 Å². The summed E-state index contributed by atoms with van der Waals surface area (Å²) >= 11 is 0. The van der Waals surface area contributed by atoms with Gasteiger partial charge in [-0.1, -0.05) is 0 Å². The molecule has 0 aliphatic heterocycles. The molecular weight excluding hydrogens is 178 g/mol. The van der Waals surface area contributed by atoms with Gasteiger partial charge in [-0.25, -0.2) is 9.97 Å². The molecule has 0 bridgehead atoms. The van der Waals surface area contributed by atoms with Gasteiger partial charge in [-0.3, -0.25) is 4.57 Å². The van der Waals surface area contributed by atoms with Gasteiger partial charge in [0.05, 0.1) is 12.5 Å². The Morgan fingerprint density at radius 2 is 2.00 bits per heavy atom. The van der Waals surface area contributed by atoms with Crippen molar-refractivity contribution in [1.29, 1.82) is 0 Å². The van der Waals surface area contributed by atoms with Crippen LogP contribution in [-0.2, 0) is 0 Å². The van der Waals surface area contributed by atoms with Crippen molar-refractivity contribution >= 4 is 11.2 Å². The van der Waals surface area contributed by atoms with Gasteiger partial charge >= 0.3 is 0 Å². The molecule has 0 amide bonds. The fraction of sp³-hybridized carbons (Fsp3) is 0. The predicted molar refractivity (Wildman–Crippen MR) is 51.0 cm³/mol. The fourth-order valence-electron chi connectivity index (χ4n) is 1.32. The van der Waals surface area contributed by atoms with Gasteiger partial charge in [-0.2, -0.15) is 4.98 Å². The van der Waals surface area contributed by atoms with Crippen molar-refractivity contribution in [2.45, 2.75) is 0 Å². The average Bonchev–Trinajstić information content (AvgIpc) is 2.88. The van der Waals surface area contributed by atoms with Crippen molar-refractivity contribution < 1.29 is 0 Å². The summed E-state index contributed by atoms with van der Waals surface area (Å²) in [5, 5.41) is 0. The number of hydrogen-bond acceptors (Lipinski definition) is 3. The van der Waals surface area contributed by atoms with Crippen LogP contribution in [0.15, 0.2) is 37.1 Å². The van der Waals surface area contributed by atoms with Crippen molar-refractivity contribution in [3.05, 3.63) is 37.1 Å². The van der Waals surface area contributed by atoms with E-state index in [9.17, 15) is 0 Å². The molecule has 3 aromatic rings. The number of aromatic nitrogens is 5. The van der Waals surface area contributed by atoms with Crippen LogP contribution in [0, 0.1) is 0 Å². The molecule has 0 aromatic carbocycles. The van der Waals surface area contributed by atoms with Crippen molar-refractivity contribution in [3.8, 4) is 5.95 Å². The second-order valence-electron chi connectivity index (χ2n) is 2.90. The molecule has 1 N–H and O–H groups in total. The topological polar surface area (TPSA) is 59.4 Å². The third-order valence-electron chi connectivity index (χ3n) is 2.00. The minimum absolute atomic E-state index is 0.634. The molecular formula is C9H7N5. The van der Waals surface area contributed by atoms with Crippen LogP contribution in [0.3, 0.4) is 0 Å². The molecule has 0 atom stereocenters. The molecule has 0 aliphatic rings. The van der Waals surface area contributed by atoms with Crippen molar-refractivity contribution in [2.24, 2.45) is 0 Å². The summed E-state index contributed by atoms with van der Waals surface area (Å²) < 4.78 is 1.84. The molecule has 3 heterocycles. The zero-order valence-corrected chi connectivity index (χ0v) is 7.25. The third kappa shape index (κ3) is 0.990. The second-order valence-corrected chi connectivity index (χ2v) is 2.90. The molecule has 3 rings (SSSR count). The summed E-state index contributed by atoms with van der Waals surface area (Å²) in [6.07, 6.45) is 7.13. The molecule has 68 valence electrons. The molecule has 0 spiro atoms. The predicted octanol–water partition coefficient (Wildman–Crippen LogP) is 1.14. The summed E-state index contributed by atoms with van der Waals surface area (Å²) in [4.78, 5) is 15.5. The zero-order chi connectivity index (χ0) is 9.38. The minimum atomic E-state index is 0.634. The Labute approximate surface area is 79.5 Å². The van der Waals surface area contributed by atoms with Crippen molar-refractivity contribution in [1.82, 2.24) is 24.5 Å². The summed E-state index contributed by atoms with van der Waals surface area (Å²) in [5.74, 6) is 0.634. The van der Waals surface area contributed by atoms with E-state index in [0.717, 1.165) is 5.52 Å². The summed E-state index contributed by atoms with van der Waals surface area (Å²) in [5.41, 5.74) is 1.53. The largest absolute Gasteiger partial charge is 0.342 e. The van der Waals surface area contributed by atoms with Crippen molar-refractivity contribution in [2.75, 3.05) is 0 Å². The van der Waals surface area contributed by atoms with E-state index in [2.05, 4.69) is 19.9 Å². The quantitative estimate of drug-likeness (QED) is 0.618. The van der Waals surface area contributed by atoms with Gasteiger partial charge in [0.25, 0.3) is 0 Å². The number of nitrogens with zero attached hydrogens (tertiary/aromatic N) is 4. The van der Waals surface area contributed by atoms with Crippen LogP contribution in [-0.4, -0.2) is 24.5 Å². The third-order valence-corrected chi connectivity index (χ3v) is 2.00. The monoisotopic (exact) mass is 185 g/mol. The van der Waals surface area contributed by atoms with Crippen LogP contribution in [0.5, 0.6) is 0 Å². The fourth-order valence-corrected chi connectivity index (χ4v) is 1.32. The van der Waals surface area contributed by atoms with Crippen LogP contribution in [0.2, 0.25) is 0 Å². The highest BCUT2D eigenvalue weighted by atomic mass is 15.2. The van der Waals surface area contributed by atoms with E-state index >= 15 is 0 Å². The van der Waals surface area contributed by atoms with Gasteiger partial charge in [0.15, 0.2) is 5.65 Å². The van der Waals surface area contributed by atoms with E-state index in [1.165, 1.54) is 0 Å². The van der Waals surface area contributed by atoms with Crippen LogP contribution in [0.25, 0.3) is 17.1 Å². The summed E-state index contributed by atoms with van der Waals surface area (Å²) in [6, 6.07) is 3.86. The minimum Gasteiger partial charge on any atom is -0.342 e. The van der Waals surface area contributed by atoms with E-state index in [0.29, 0.717) is 11.6 Å². The average molecular weight is 185 g/mol. The molecule has 0 aliphatic carbocycles. The smallest absolute Gasteiger partial charge is 0.235 e. The lowest BCUT2D eigenvalue weighted by molar-refractivity contribution is 0.948. The van der Waals surface area contributed by atoms with Crippen LogP contribution >= 0.6 is 0 Å². The number of hydrogen-bond donors (Lipinski definition) is 1. The van der Waals surface area contributed by atoms with E-state index < -0.39 is 0 Å². The Balaban J connectivity index is 2.23. The highest BCUT2D eigenvalue weighted by Gasteiger charge is 2.01. The first-order chi connectivity index (χ1) is 6.93. The first kappa shape index (κ1) is 7.25.